The van der Waals surface area contributed by atoms with Gasteiger partial charge in [-0.15, -0.1) is 0 Å². The summed E-state index contributed by atoms with van der Waals surface area (Å²) in [5.41, 5.74) is -0.468. The molecule has 1 aliphatic carbocycles. The van der Waals surface area contributed by atoms with Crippen LogP contribution in [0.2, 0.25) is 0 Å². The third kappa shape index (κ3) is 2.87. The summed E-state index contributed by atoms with van der Waals surface area (Å²) in [7, 11) is -4.05. The van der Waals surface area contributed by atoms with Crippen molar-refractivity contribution in [2.24, 2.45) is 0 Å². The first-order valence-electron chi connectivity index (χ1n) is 6.89. The lowest BCUT2D eigenvalue weighted by atomic mass is 10.2. The molecule has 0 unspecified atom stereocenters. The molecule has 1 aliphatic rings. The molecule has 1 N–H and O–H groups in total. The Kier molecular flexibility index (Phi) is 4.18. The standard InChI is InChI=1S/C13H15F2N3O2S2/c14-13(15)10-7-21-8-11(10)22(19,20)17-12-5-6-16-18(12)9-3-1-2-4-9/h5-9,13,17H,1-4H2. The van der Waals surface area contributed by atoms with E-state index < -0.39 is 22.0 Å². The highest BCUT2D eigenvalue weighted by atomic mass is 32.2. The van der Waals surface area contributed by atoms with Crippen molar-refractivity contribution in [1.29, 1.82) is 0 Å². The van der Waals surface area contributed by atoms with Crippen molar-refractivity contribution in [2.75, 3.05) is 4.72 Å². The van der Waals surface area contributed by atoms with E-state index in [2.05, 4.69) is 9.82 Å². The molecule has 120 valence electrons. The van der Waals surface area contributed by atoms with Crippen LogP contribution in [0.25, 0.3) is 0 Å². The van der Waals surface area contributed by atoms with Gasteiger partial charge in [-0.3, -0.25) is 4.72 Å². The molecule has 0 amide bonds. The fourth-order valence-electron chi connectivity index (χ4n) is 2.70. The van der Waals surface area contributed by atoms with Crippen molar-refractivity contribution in [3.05, 3.63) is 28.6 Å². The Bertz CT molecular complexity index is 749. The van der Waals surface area contributed by atoms with Gasteiger partial charge < -0.3 is 0 Å². The molecule has 2 aromatic heterocycles. The Morgan fingerprint density at radius 3 is 2.73 bits per heavy atom. The minimum Gasteiger partial charge on any atom is -0.264 e. The number of alkyl halides is 2. The summed E-state index contributed by atoms with van der Waals surface area (Å²) >= 11 is 0.942. The van der Waals surface area contributed by atoms with E-state index in [9.17, 15) is 17.2 Å². The van der Waals surface area contributed by atoms with Crippen molar-refractivity contribution in [2.45, 2.75) is 43.0 Å². The van der Waals surface area contributed by atoms with Gasteiger partial charge in [-0.1, -0.05) is 12.8 Å². The van der Waals surface area contributed by atoms with E-state index in [-0.39, 0.29) is 10.9 Å². The smallest absolute Gasteiger partial charge is 0.264 e. The largest absolute Gasteiger partial charge is 0.265 e. The predicted molar refractivity (Wildman–Crippen MR) is 79.8 cm³/mol. The monoisotopic (exact) mass is 347 g/mol. The van der Waals surface area contributed by atoms with Gasteiger partial charge >= 0.3 is 0 Å². The van der Waals surface area contributed by atoms with Gasteiger partial charge in [0.2, 0.25) is 0 Å². The number of rotatable bonds is 5. The maximum atomic E-state index is 12.9. The lowest BCUT2D eigenvalue weighted by Gasteiger charge is -2.15. The summed E-state index contributed by atoms with van der Waals surface area (Å²) in [6, 6.07) is 1.70. The fourth-order valence-corrected chi connectivity index (χ4v) is 5.16. The van der Waals surface area contributed by atoms with E-state index in [1.807, 2.05) is 0 Å². The molecule has 3 rings (SSSR count). The fraction of sp³-hybridized carbons (Fsp3) is 0.462. The highest BCUT2D eigenvalue weighted by Crippen LogP contribution is 2.34. The summed E-state index contributed by atoms with van der Waals surface area (Å²) in [6.45, 7) is 0. The van der Waals surface area contributed by atoms with Crippen LogP contribution < -0.4 is 4.72 Å². The highest BCUT2D eigenvalue weighted by Gasteiger charge is 2.27. The molecule has 0 aliphatic heterocycles. The maximum absolute atomic E-state index is 12.9. The topological polar surface area (TPSA) is 64.0 Å². The molecule has 1 saturated carbocycles. The molecule has 0 aromatic carbocycles. The lowest BCUT2D eigenvalue weighted by Crippen LogP contribution is -2.18. The summed E-state index contributed by atoms with van der Waals surface area (Å²) in [6.07, 6.45) is 2.73. The number of sulfonamides is 1. The quantitative estimate of drug-likeness (QED) is 0.895. The number of hydrogen-bond acceptors (Lipinski definition) is 4. The highest BCUT2D eigenvalue weighted by molar-refractivity contribution is 7.92. The van der Waals surface area contributed by atoms with Gasteiger partial charge in [0.1, 0.15) is 10.7 Å². The molecule has 22 heavy (non-hydrogen) atoms. The first-order chi connectivity index (χ1) is 10.5. The van der Waals surface area contributed by atoms with Crippen molar-refractivity contribution in [3.8, 4) is 0 Å². The van der Waals surface area contributed by atoms with Gasteiger partial charge in [0.15, 0.2) is 0 Å². The van der Waals surface area contributed by atoms with Crippen molar-refractivity contribution in [1.82, 2.24) is 9.78 Å². The van der Waals surface area contributed by atoms with E-state index in [0.29, 0.717) is 5.82 Å². The van der Waals surface area contributed by atoms with Gasteiger partial charge in [-0.25, -0.2) is 21.9 Å². The van der Waals surface area contributed by atoms with E-state index in [1.165, 1.54) is 11.6 Å². The lowest BCUT2D eigenvalue weighted by molar-refractivity contribution is 0.148. The zero-order valence-corrected chi connectivity index (χ0v) is 13.2. The zero-order valence-electron chi connectivity index (χ0n) is 11.6. The molecular weight excluding hydrogens is 332 g/mol. The van der Waals surface area contributed by atoms with E-state index in [4.69, 9.17) is 0 Å². The van der Waals surface area contributed by atoms with Crippen LogP contribution in [0.5, 0.6) is 0 Å². The second-order valence-electron chi connectivity index (χ2n) is 5.20. The Morgan fingerprint density at radius 2 is 2.05 bits per heavy atom. The Hall–Kier alpha value is -1.48. The SMILES string of the molecule is O=S(=O)(Nc1ccnn1C1CCCC1)c1cscc1C(F)F. The minimum atomic E-state index is -4.05. The molecule has 2 heterocycles. The Labute approximate surface area is 131 Å². The number of halogens is 2. The summed E-state index contributed by atoms with van der Waals surface area (Å²) in [5, 5.41) is 6.55. The van der Waals surface area contributed by atoms with Gasteiger partial charge in [0, 0.05) is 22.4 Å². The van der Waals surface area contributed by atoms with Gasteiger partial charge in [-0.2, -0.15) is 16.4 Å². The number of nitrogens with one attached hydrogen (secondary N) is 1. The average Bonchev–Trinajstić information content (AvgIpc) is 3.19. The number of thiophene rings is 1. The molecule has 0 spiro atoms. The second kappa shape index (κ2) is 5.96. The number of aromatic nitrogens is 2. The van der Waals surface area contributed by atoms with Crippen LogP contribution in [0.4, 0.5) is 14.6 Å². The van der Waals surface area contributed by atoms with Crippen LogP contribution in [0.3, 0.4) is 0 Å². The number of hydrogen-bond donors (Lipinski definition) is 1. The third-order valence-electron chi connectivity index (χ3n) is 3.76. The van der Waals surface area contributed by atoms with Gasteiger partial charge in [0.25, 0.3) is 16.4 Å². The van der Waals surface area contributed by atoms with Crippen molar-refractivity contribution < 1.29 is 17.2 Å². The van der Waals surface area contributed by atoms with Crippen LogP contribution in [-0.2, 0) is 10.0 Å². The zero-order chi connectivity index (χ0) is 15.7. The van der Waals surface area contributed by atoms with E-state index in [0.717, 1.165) is 42.4 Å². The van der Waals surface area contributed by atoms with Crippen molar-refractivity contribution in [3.63, 3.8) is 0 Å². The molecule has 0 radical (unpaired) electrons. The first kappa shape index (κ1) is 15.4. The Balaban J connectivity index is 1.89. The summed E-state index contributed by atoms with van der Waals surface area (Å²) in [5.74, 6) is 0.318. The van der Waals surface area contributed by atoms with Crippen LogP contribution in [0.1, 0.15) is 43.7 Å². The van der Waals surface area contributed by atoms with Crippen LogP contribution in [0, 0.1) is 0 Å². The minimum absolute atomic E-state index is 0.157. The summed E-state index contributed by atoms with van der Waals surface area (Å²) in [4.78, 5) is -0.369. The Morgan fingerprint density at radius 1 is 1.32 bits per heavy atom. The average molecular weight is 347 g/mol. The first-order valence-corrected chi connectivity index (χ1v) is 9.32. The molecule has 2 aromatic rings. The number of anilines is 1. The van der Waals surface area contributed by atoms with E-state index in [1.54, 1.807) is 10.7 Å². The molecule has 1 fully saturated rings. The van der Waals surface area contributed by atoms with Crippen LogP contribution in [0.15, 0.2) is 27.9 Å². The van der Waals surface area contributed by atoms with Crippen molar-refractivity contribution >= 4 is 27.2 Å². The second-order valence-corrected chi connectivity index (χ2v) is 7.59. The molecule has 0 bridgehead atoms. The predicted octanol–water partition coefficient (Wildman–Crippen LogP) is 3.80. The molecular formula is C13H15F2N3O2S2. The van der Waals surface area contributed by atoms with Crippen LogP contribution >= 0.6 is 11.3 Å². The molecule has 9 heteroatoms. The van der Waals surface area contributed by atoms with Gasteiger partial charge in [-0.05, 0) is 12.8 Å². The maximum Gasteiger partial charge on any atom is 0.265 e. The van der Waals surface area contributed by atoms with Crippen LogP contribution in [-0.4, -0.2) is 18.2 Å². The number of nitrogens with zero attached hydrogens (tertiary/aromatic N) is 2. The summed E-state index contributed by atoms with van der Waals surface area (Å²) < 4.78 is 54.6. The normalized spacial score (nSPS) is 16.5. The molecule has 0 atom stereocenters. The molecule has 0 saturated heterocycles. The molecule has 5 nitrogen and oxygen atoms in total. The van der Waals surface area contributed by atoms with Gasteiger partial charge in [0.05, 0.1) is 12.2 Å². The third-order valence-corrected chi connectivity index (χ3v) is 6.08. The van der Waals surface area contributed by atoms with E-state index >= 15 is 0 Å².